The molecule has 9 heteroatoms. The number of ether oxygens (including phenoxy) is 1. The van der Waals surface area contributed by atoms with Crippen LogP contribution in [0.1, 0.15) is 73.3 Å². The van der Waals surface area contributed by atoms with E-state index in [1.54, 1.807) is 0 Å². The Hall–Kier alpha value is -5.70. The Balaban J connectivity index is 1.51. The number of carboxylic acids is 2. The van der Waals surface area contributed by atoms with Gasteiger partial charge < -0.3 is 14.9 Å². The van der Waals surface area contributed by atoms with Crippen molar-refractivity contribution in [2.24, 2.45) is 0 Å². The second kappa shape index (κ2) is 11.1. The van der Waals surface area contributed by atoms with E-state index in [1.807, 2.05) is 0 Å². The molecule has 0 bridgehead atoms. The summed E-state index contributed by atoms with van der Waals surface area (Å²) in [5, 5.41) is 18.3. The predicted octanol–water partition coefficient (Wildman–Crippen LogP) is 4.54. The van der Waals surface area contributed by atoms with Gasteiger partial charge in [-0.15, -0.1) is 0 Å². The number of ketones is 2. The molecule has 0 aliphatic rings. The Morgan fingerprint density at radius 3 is 0.974 bits per heavy atom. The maximum absolute atomic E-state index is 12.8. The van der Waals surface area contributed by atoms with Crippen LogP contribution < -0.4 is 0 Å². The lowest BCUT2D eigenvalue weighted by atomic mass is 9.99. The van der Waals surface area contributed by atoms with E-state index >= 15 is 0 Å². The van der Waals surface area contributed by atoms with Gasteiger partial charge in [0.2, 0.25) is 0 Å². The quantitative estimate of drug-likeness (QED) is 0.193. The minimum Gasteiger partial charge on any atom is -0.478 e. The smallest absolute Gasteiger partial charge is 0.346 e. The Labute approximate surface area is 220 Å². The van der Waals surface area contributed by atoms with Crippen molar-refractivity contribution in [2.45, 2.75) is 0 Å². The fraction of sp³-hybridized carbons (Fsp3) is 0. The van der Waals surface area contributed by atoms with Crippen molar-refractivity contribution >= 4 is 35.4 Å². The topological polar surface area (TPSA) is 152 Å². The lowest BCUT2D eigenvalue weighted by molar-refractivity contribution is 0.0396. The van der Waals surface area contributed by atoms with Crippen molar-refractivity contribution in [1.82, 2.24) is 0 Å². The third-order valence-electron chi connectivity index (χ3n) is 5.65. The van der Waals surface area contributed by atoms with E-state index in [-0.39, 0.29) is 44.5 Å². The fourth-order valence-electron chi connectivity index (χ4n) is 3.70. The molecule has 0 spiro atoms. The van der Waals surface area contributed by atoms with Crippen LogP contribution in [0, 0.1) is 0 Å². The van der Waals surface area contributed by atoms with E-state index in [9.17, 15) is 28.8 Å². The van der Waals surface area contributed by atoms with Crippen LogP contribution >= 0.6 is 0 Å². The van der Waals surface area contributed by atoms with E-state index in [1.165, 1.54) is 97.1 Å². The van der Waals surface area contributed by atoms with Gasteiger partial charge in [0.15, 0.2) is 11.6 Å². The molecule has 0 heterocycles. The molecule has 4 aromatic carbocycles. The van der Waals surface area contributed by atoms with Crippen molar-refractivity contribution < 1.29 is 43.7 Å². The highest BCUT2D eigenvalue weighted by Gasteiger charge is 2.20. The summed E-state index contributed by atoms with van der Waals surface area (Å²) in [4.78, 5) is 73.4. The average molecular weight is 522 g/mol. The van der Waals surface area contributed by atoms with Crippen LogP contribution in [0.4, 0.5) is 0 Å². The molecule has 0 unspecified atom stereocenters. The van der Waals surface area contributed by atoms with Gasteiger partial charge in [0.05, 0.1) is 22.3 Å². The van der Waals surface area contributed by atoms with Gasteiger partial charge in [-0.3, -0.25) is 9.59 Å². The molecule has 0 fully saturated rings. The summed E-state index contributed by atoms with van der Waals surface area (Å²) >= 11 is 0. The second-order valence-electron chi connectivity index (χ2n) is 8.27. The molecule has 0 aliphatic carbocycles. The first-order chi connectivity index (χ1) is 18.6. The number of carbonyl (C=O) groups excluding carboxylic acids is 4. The van der Waals surface area contributed by atoms with Crippen LogP contribution in [0.3, 0.4) is 0 Å². The summed E-state index contributed by atoms with van der Waals surface area (Å²) in [5.41, 5.74) is 0.0298. The monoisotopic (exact) mass is 522 g/mol. The normalized spacial score (nSPS) is 10.4. The number of carboxylic acid groups (broad SMARTS) is 2. The van der Waals surface area contributed by atoms with Crippen LogP contribution in [0.25, 0.3) is 0 Å². The first kappa shape index (κ1) is 26.4. The van der Waals surface area contributed by atoms with Gasteiger partial charge in [-0.2, -0.15) is 0 Å². The highest BCUT2D eigenvalue weighted by Crippen LogP contribution is 2.17. The minimum absolute atomic E-state index is 0.0719. The number of esters is 2. The van der Waals surface area contributed by atoms with E-state index in [4.69, 9.17) is 14.9 Å². The predicted molar refractivity (Wildman–Crippen MR) is 136 cm³/mol. The van der Waals surface area contributed by atoms with Gasteiger partial charge in [0, 0.05) is 22.3 Å². The number of rotatable bonds is 8. The van der Waals surface area contributed by atoms with Crippen molar-refractivity contribution in [2.75, 3.05) is 0 Å². The molecule has 0 atom stereocenters. The number of carbonyl (C=O) groups is 6. The van der Waals surface area contributed by atoms with Gasteiger partial charge in [0.25, 0.3) is 0 Å². The van der Waals surface area contributed by atoms with Crippen LogP contribution in [-0.2, 0) is 4.74 Å². The molecule has 0 aliphatic heterocycles. The molecular weight excluding hydrogens is 504 g/mol. The number of hydrogen-bond acceptors (Lipinski definition) is 7. The molecule has 0 aromatic heterocycles. The number of benzene rings is 4. The molecule has 0 saturated heterocycles. The molecule has 39 heavy (non-hydrogen) atoms. The molecular formula is C30H18O9. The van der Waals surface area contributed by atoms with Gasteiger partial charge in [0.1, 0.15) is 0 Å². The highest BCUT2D eigenvalue weighted by atomic mass is 16.6. The average Bonchev–Trinajstić information content (AvgIpc) is 2.96. The van der Waals surface area contributed by atoms with Crippen molar-refractivity contribution in [3.63, 3.8) is 0 Å². The zero-order valence-corrected chi connectivity index (χ0v) is 20.0. The Bertz CT molecular complexity index is 1540. The number of hydrogen-bond donors (Lipinski definition) is 2. The fourth-order valence-corrected chi connectivity index (χ4v) is 3.70. The standard InChI is InChI=1S/C30H18O9/c31-25(17-5-1-9-21(13-17)27(33)34)19-7-3-11-23(15-19)29(37)39-30(38)24-12-4-8-20(16-24)26(32)18-6-2-10-22(14-18)28(35)36/h1-16H,(H,33,34)(H,35,36). The van der Waals surface area contributed by atoms with Crippen LogP contribution in [0.15, 0.2) is 97.1 Å². The molecule has 0 saturated carbocycles. The Morgan fingerprint density at radius 1 is 0.410 bits per heavy atom. The summed E-state index contributed by atoms with van der Waals surface area (Å²) < 4.78 is 4.95. The third kappa shape index (κ3) is 6.00. The highest BCUT2D eigenvalue weighted by molar-refractivity contribution is 6.12. The zero-order valence-electron chi connectivity index (χ0n) is 20.0. The summed E-state index contributed by atoms with van der Waals surface area (Å²) in [6.45, 7) is 0. The number of aromatic carboxylic acids is 2. The first-order valence-corrected chi connectivity index (χ1v) is 11.4. The zero-order chi connectivity index (χ0) is 28.1. The maximum Gasteiger partial charge on any atom is 0.346 e. The molecule has 0 radical (unpaired) electrons. The van der Waals surface area contributed by atoms with Crippen molar-refractivity contribution in [3.8, 4) is 0 Å². The van der Waals surface area contributed by atoms with E-state index in [0.29, 0.717) is 0 Å². The Morgan fingerprint density at radius 2 is 0.667 bits per heavy atom. The molecule has 2 N–H and O–H groups in total. The summed E-state index contributed by atoms with van der Waals surface area (Å²) in [6, 6.07) is 21.7. The lowest BCUT2D eigenvalue weighted by Crippen LogP contribution is -2.14. The Kier molecular flexibility index (Phi) is 7.53. The molecule has 4 rings (SSSR count). The second-order valence-corrected chi connectivity index (χ2v) is 8.27. The lowest BCUT2D eigenvalue weighted by Gasteiger charge is -2.07. The first-order valence-electron chi connectivity index (χ1n) is 11.4. The van der Waals surface area contributed by atoms with E-state index in [2.05, 4.69) is 0 Å². The van der Waals surface area contributed by atoms with Gasteiger partial charge >= 0.3 is 23.9 Å². The van der Waals surface area contributed by atoms with E-state index in [0.717, 1.165) is 0 Å². The van der Waals surface area contributed by atoms with Gasteiger partial charge in [-0.1, -0.05) is 48.5 Å². The molecule has 9 nitrogen and oxygen atoms in total. The third-order valence-corrected chi connectivity index (χ3v) is 5.65. The van der Waals surface area contributed by atoms with Crippen LogP contribution in [-0.4, -0.2) is 45.7 Å². The maximum atomic E-state index is 12.8. The molecule has 0 amide bonds. The SMILES string of the molecule is O=C(O)c1cccc(C(=O)c2cccc(C(=O)OC(=O)c3cccc(C(=O)c4cccc(C(=O)O)c4)c3)c2)c1. The largest absolute Gasteiger partial charge is 0.478 e. The van der Waals surface area contributed by atoms with Crippen molar-refractivity contribution in [3.05, 3.63) is 142 Å². The summed E-state index contributed by atoms with van der Waals surface area (Å²) in [5.74, 6) is -5.53. The van der Waals surface area contributed by atoms with Crippen molar-refractivity contribution in [1.29, 1.82) is 0 Å². The van der Waals surface area contributed by atoms with Gasteiger partial charge in [-0.25, -0.2) is 19.2 Å². The van der Waals surface area contributed by atoms with Crippen LogP contribution in [0.5, 0.6) is 0 Å². The molecule has 4 aromatic rings. The van der Waals surface area contributed by atoms with E-state index < -0.39 is 35.4 Å². The van der Waals surface area contributed by atoms with Gasteiger partial charge in [-0.05, 0) is 48.5 Å². The van der Waals surface area contributed by atoms with Crippen LogP contribution in [0.2, 0.25) is 0 Å². The molecule has 192 valence electrons. The summed E-state index contributed by atoms with van der Waals surface area (Å²) in [6.07, 6.45) is 0. The summed E-state index contributed by atoms with van der Waals surface area (Å²) in [7, 11) is 0. The minimum atomic E-state index is -1.19.